The van der Waals surface area contributed by atoms with Crippen LogP contribution >= 0.6 is 0 Å². The molecule has 10 rings (SSSR count). The zero-order chi connectivity index (χ0) is 28.1. The van der Waals surface area contributed by atoms with Crippen molar-refractivity contribution in [2.24, 2.45) is 82.9 Å². The van der Waals surface area contributed by atoms with Crippen LogP contribution in [0.5, 0.6) is 0 Å². The summed E-state index contributed by atoms with van der Waals surface area (Å²) < 4.78 is 0. The molecule has 1 heteroatoms. The Labute approximate surface area is 265 Å². The van der Waals surface area contributed by atoms with E-state index in [1.165, 1.54) is 99.7 Å². The van der Waals surface area contributed by atoms with Gasteiger partial charge < -0.3 is 0 Å². The molecule has 0 heterocycles. The van der Waals surface area contributed by atoms with E-state index < -0.39 is 0 Å². The molecule has 0 spiro atoms. The highest BCUT2D eigenvalue weighted by Crippen LogP contribution is 2.74. The van der Waals surface area contributed by atoms with Gasteiger partial charge in [-0.15, -0.1) is 0 Å². The molecule has 10 saturated carbocycles. The zero-order valence-corrected chi connectivity index (χ0v) is 27.9. The second-order valence-corrected chi connectivity index (χ2v) is 19.2. The number of nitrogens with zero attached hydrogens (tertiary/aromatic N) is 1. The van der Waals surface area contributed by atoms with Crippen molar-refractivity contribution in [1.29, 1.82) is 0 Å². The lowest BCUT2D eigenvalue weighted by molar-refractivity contribution is -0.0737. The van der Waals surface area contributed by atoms with Crippen molar-refractivity contribution in [3.8, 4) is 0 Å². The summed E-state index contributed by atoms with van der Waals surface area (Å²) in [4.78, 5) is 3.31. The van der Waals surface area contributed by atoms with E-state index in [4.69, 9.17) is 0 Å². The molecule has 0 amide bonds. The van der Waals surface area contributed by atoms with Crippen LogP contribution in [0.2, 0.25) is 0 Å². The fraction of sp³-hybridized carbons (Fsp3) is 1.00. The summed E-state index contributed by atoms with van der Waals surface area (Å²) in [5, 5.41) is 0. The van der Waals surface area contributed by atoms with Gasteiger partial charge in [0.1, 0.15) is 0 Å². The largest absolute Gasteiger partial charge is 0.294 e. The minimum Gasteiger partial charge on any atom is -0.294 e. The Hall–Kier alpha value is -0.0400. The second kappa shape index (κ2) is 11.3. The maximum Gasteiger partial charge on any atom is 0.0104 e. The van der Waals surface area contributed by atoms with Crippen LogP contribution in [0.15, 0.2) is 0 Å². The molecule has 0 saturated heterocycles. The highest BCUT2D eigenvalue weighted by Gasteiger charge is 2.69. The van der Waals surface area contributed by atoms with Crippen LogP contribution in [0.1, 0.15) is 161 Å². The van der Waals surface area contributed by atoms with Gasteiger partial charge in [0, 0.05) is 18.1 Å². The Bertz CT molecular complexity index is 943. The van der Waals surface area contributed by atoms with E-state index in [0.29, 0.717) is 0 Å². The first-order valence-corrected chi connectivity index (χ1v) is 21.1. The predicted octanol–water partition coefficient (Wildman–Crippen LogP) is 10.9. The zero-order valence-electron chi connectivity index (χ0n) is 27.9. The van der Waals surface area contributed by atoms with Crippen molar-refractivity contribution in [2.75, 3.05) is 0 Å². The Morgan fingerprint density at radius 1 is 0.233 bits per heavy atom. The van der Waals surface area contributed by atoms with Gasteiger partial charge in [0.15, 0.2) is 0 Å². The molecule has 0 N–H and O–H groups in total. The van der Waals surface area contributed by atoms with Crippen molar-refractivity contribution >= 4 is 0 Å². The topological polar surface area (TPSA) is 3.24 Å². The molecule has 15 unspecified atom stereocenters. The van der Waals surface area contributed by atoms with E-state index in [9.17, 15) is 0 Å². The van der Waals surface area contributed by atoms with Crippen LogP contribution in [-0.2, 0) is 0 Å². The lowest BCUT2D eigenvalue weighted by Crippen LogP contribution is -2.53. The number of rotatable bonds is 3. The van der Waals surface area contributed by atoms with E-state index in [2.05, 4.69) is 4.90 Å². The summed E-state index contributed by atoms with van der Waals surface area (Å²) in [6, 6.07) is 2.86. The smallest absolute Gasteiger partial charge is 0.0104 e. The summed E-state index contributed by atoms with van der Waals surface area (Å²) in [5.41, 5.74) is 0. The first-order valence-electron chi connectivity index (χ1n) is 21.1. The molecule has 0 radical (unpaired) electrons. The molecule has 43 heavy (non-hydrogen) atoms. The Balaban J connectivity index is 0.942. The highest BCUT2D eigenvalue weighted by molar-refractivity contribution is 5.17. The second-order valence-electron chi connectivity index (χ2n) is 19.2. The number of hydrogen-bond acceptors (Lipinski definition) is 1. The van der Waals surface area contributed by atoms with Crippen molar-refractivity contribution in [2.45, 2.75) is 179 Å². The normalized spacial score (nSPS) is 54.8. The molecule has 0 bridgehead atoms. The summed E-state index contributed by atoms with van der Waals surface area (Å²) in [5.74, 6) is 16.3. The van der Waals surface area contributed by atoms with Crippen LogP contribution in [-0.4, -0.2) is 23.0 Å². The fourth-order valence-corrected chi connectivity index (χ4v) is 17.5. The average Bonchev–Trinajstić information content (AvgIpc) is 3.58. The van der Waals surface area contributed by atoms with Gasteiger partial charge in [0.25, 0.3) is 0 Å². The van der Waals surface area contributed by atoms with Crippen LogP contribution in [0.25, 0.3) is 0 Å². The Kier molecular flexibility index (Phi) is 7.36. The minimum absolute atomic E-state index is 0.951. The van der Waals surface area contributed by atoms with E-state index in [0.717, 1.165) is 65.5 Å². The number of fused-ring (bicyclic) bond motifs is 11. The molecule has 10 aliphatic carbocycles. The lowest BCUT2D eigenvalue weighted by Gasteiger charge is -2.56. The van der Waals surface area contributed by atoms with E-state index >= 15 is 0 Å². The van der Waals surface area contributed by atoms with Gasteiger partial charge in [0.05, 0.1) is 0 Å². The molecule has 15 atom stereocenters. The monoisotopic (exact) mass is 586 g/mol. The standard InChI is InChI=1S/C42H67N/c1-3-11-26(12-4-1)43(27-13-5-2-6-14-27)28-19-20-31-34-21-23-36-40-32-17-9-7-15-29(32)30-16-8-10-18-33(30)41(40)37-24-22-35(38(31)25-28)39(34)42(36)37/h26-42H,1-25H2. The van der Waals surface area contributed by atoms with Gasteiger partial charge in [0.2, 0.25) is 0 Å². The van der Waals surface area contributed by atoms with E-state index in [1.54, 1.807) is 96.3 Å². The van der Waals surface area contributed by atoms with Crippen LogP contribution in [0.3, 0.4) is 0 Å². The summed E-state index contributed by atoms with van der Waals surface area (Å²) in [6.07, 6.45) is 39.7. The average molecular weight is 586 g/mol. The third kappa shape index (κ3) is 4.29. The Morgan fingerprint density at radius 2 is 0.581 bits per heavy atom. The number of hydrogen-bond donors (Lipinski definition) is 0. The van der Waals surface area contributed by atoms with E-state index in [1.807, 2.05) is 0 Å². The van der Waals surface area contributed by atoms with Gasteiger partial charge in [-0.05, 0) is 179 Å². The highest BCUT2D eigenvalue weighted by atomic mass is 15.2. The molecule has 0 aromatic rings. The quantitative estimate of drug-likeness (QED) is 0.318. The molecule has 10 fully saturated rings. The van der Waals surface area contributed by atoms with Gasteiger partial charge in [-0.2, -0.15) is 0 Å². The van der Waals surface area contributed by atoms with Crippen molar-refractivity contribution < 1.29 is 0 Å². The van der Waals surface area contributed by atoms with Crippen LogP contribution in [0, 0.1) is 82.9 Å². The maximum atomic E-state index is 3.31. The molecule has 0 aliphatic heterocycles. The van der Waals surface area contributed by atoms with Gasteiger partial charge >= 0.3 is 0 Å². The molecule has 0 aromatic carbocycles. The van der Waals surface area contributed by atoms with Gasteiger partial charge in [-0.3, -0.25) is 4.90 Å². The van der Waals surface area contributed by atoms with Gasteiger partial charge in [-0.1, -0.05) is 64.2 Å². The molecule has 240 valence electrons. The van der Waals surface area contributed by atoms with Crippen LogP contribution < -0.4 is 0 Å². The van der Waals surface area contributed by atoms with Crippen molar-refractivity contribution in [1.82, 2.24) is 4.90 Å². The molecular formula is C42H67N. The van der Waals surface area contributed by atoms with Crippen molar-refractivity contribution in [3.05, 3.63) is 0 Å². The predicted molar refractivity (Wildman–Crippen MR) is 177 cm³/mol. The summed E-state index contributed by atoms with van der Waals surface area (Å²) >= 11 is 0. The minimum atomic E-state index is 0.951. The maximum absolute atomic E-state index is 3.31. The third-order valence-electron chi connectivity index (χ3n) is 18.3. The summed E-state index contributed by atoms with van der Waals surface area (Å²) in [7, 11) is 0. The van der Waals surface area contributed by atoms with Gasteiger partial charge in [-0.25, -0.2) is 0 Å². The van der Waals surface area contributed by atoms with Crippen LogP contribution in [0.4, 0.5) is 0 Å². The summed E-state index contributed by atoms with van der Waals surface area (Å²) in [6.45, 7) is 0. The SMILES string of the molecule is C1CCC(N(C2CCCCC2)C2CCC3C(C2)C2CCC4C5C6CCCCC6C6CCCCC6C5C5CCC3C2C54)CC1. The van der Waals surface area contributed by atoms with E-state index in [-0.39, 0.29) is 0 Å². The molecule has 10 aliphatic rings. The molecular weight excluding hydrogens is 518 g/mol. The fourth-order valence-electron chi connectivity index (χ4n) is 17.5. The Morgan fingerprint density at radius 3 is 1.14 bits per heavy atom. The first kappa shape index (κ1) is 28.0. The lowest BCUT2D eigenvalue weighted by atomic mass is 9.49. The molecule has 0 aromatic heterocycles. The third-order valence-corrected chi connectivity index (χ3v) is 18.3. The van der Waals surface area contributed by atoms with Crippen molar-refractivity contribution in [3.63, 3.8) is 0 Å². The molecule has 1 nitrogen and oxygen atoms in total. The first-order chi connectivity index (χ1) is 21.4.